The van der Waals surface area contributed by atoms with Gasteiger partial charge in [0.25, 0.3) is 5.91 Å². The van der Waals surface area contributed by atoms with E-state index in [-0.39, 0.29) is 11.1 Å². The van der Waals surface area contributed by atoms with E-state index >= 15 is 0 Å². The summed E-state index contributed by atoms with van der Waals surface area (Å²) in [5, 5.41) is 2.96. The fraction of sp³-hybridized carbons (Fsp3) is 0.200. The number of nitrogens with one attached hydrogen (secondary N) is 1. The van der Waals surface area contributed by atoms with Gasteiger partial charge in [-0.25, -0.2) is 4.98 Å². The molecule has 2 rings (SSSR count). The first-order valence-electron chi connectivity index (χ1n) is 6.46. The summed E-state index contributed by atoms with van der Waals surface area (Å²) in [4.78, 5) is 16.3. The van der Waals surface area contributed by atoms with Gasteiger partial charge in [0.2, 0.25) is 0 Å². The monoisotopic (exact) mass is 305 g/mol. The van der Waals surface area contributed by atoms with E-state index in [9.17, 15) is 4.79 Å². The van der Waals surface area contributed by atoms with Crippen molar-refractivity contribution in [2.24, 2.45) is 0 Å². The third-order valence-electron chi connectivity index (χ3n) is 2.73. The molecule has 110 valence electrons. The smallest absolute Gasteiger partial charge is 0.255 e. The molecule has 0 atom stereocenters. The van der Waals surface area contributed by atoms with E-state index in [0.29, 0.717) is 29.3 Å². The van der Waals surface area contributed by atoms with Crippen LogP contribution in [-0.2, 0) is 0 Å². The molecular weight excluding hydrogens is 290 g/mol. The minimum Gasteiger partial charge on any atom is -0.494 e. The first-order chi connectivity index (χ1) is 9.99. The number of nitrogen functional groups attached to an aromatic ring is 1. The van der Waals surface area contributed by atoms with E-state index in [2.05, 4.69) is 10.3 Å². The molecule has 6 heteroatoms. The van der Waals surface area contributed by atoms with Gasteiger partial charge in [-0.3, -0.25) is 4.79 Å². The van der Waals surface area contributed by atoms with Crippen molar-refractivity contribution in [1.29, 1.82) is 0 Å². The zero-order chi connectivity index (χ0) is 15.4. The lowest BCUT2D eigenvalue weighted by Gasteiger charge is -2.10. The molecule has 2 aromatic rings. The highest BCUT2D eigenvalue weighted by Crippen LogP contribution is 2.23. The van der Waals surface area contributed by atoms with Crippen LogP contribution < -0.4 is 15.8 Å². The molecule has 0 saturated carbocycles. The summed E-state index contributed by atoms with van der Waals surface area (Å²) in [7, 11) is 0. The molecule has 5 nitrogen and oxygen atoms in total. The predicted molar refractivity (Wildman–Crippen MR) is 84.0 cm³/mol. The lowest BCUT2D eigenvalue weighted by atomic mass is 10.1. The van der Waals surface area contributed by atoms with Crippen molar-refractivity contribution < 1.29 is 9.53 Å². The normalized spacial score (nSPS) is 10.2. The van der Waals surface area contributed by atoms with Gasteiger partial charge in [0.1, 0.15) is 5.75 Å². The number of carbonyl (C=O) groups excluding carboxylic acids is 1. The van der Waals surface area contributed by atoms with Crippen molar-refractivity contribution >= 4 is 28.9 Å². The number of amides is 1. The number of nitrogens with zero attached hydrogens (tertiary/aromatic N) is 1. The number of nitrogens with two attached hydrogens (primary N) is 1. The number of ether oxygens (including phenoxy) is 1. The van der Waals surface area contributed by atoms with E-state index in [4.69, 9.17) is 22.1 Å². The summed E-state index contributed by atoms with van der Waals surface area (Å²) in [5.41, 5.74) is 7.99. The van der Waals surface area contributed by atoms with E-state index in [1.165, 1.54) is 0 Å². The van der Waals surface area contributed by atoms with Gasteiger partial charge in [-0.05, 0) is 37.6 Å². The van der Waals surface area contributed by atoms with Crippen LogP contribution in [0.5, 0.6) is 5.75 Å². The fourth-order valence-corrected chi connectivity index (χ4v) is 1.99. The number of benzene rings is 1. The van der Waals surface area contributed by atoms with Crippen LogP contribution in [0.4, 0.5) is 11.4 Å². The number of carbonyl (C=O) groups is 1. The topological polar surface area (TPSA) is 77.2 Å². The molecular formula is C15H16ClN3O2. The highest BCUT2D eigenvalue weighted by molar-refractivity contribution is 6.32. The molecule has 3 N–H and O–H groups in total. The van der Waals surface area contributed by atoms with Gasteiger partial charge < -0.3 is 15.8 Å². The van der Waals surface area contributed by atoms with Crippen molar-refractivity contribution in [3.63, 3.8) is 0 Å². The van der Waals surface area contributed by atoms with E-state index in [1.54, 1.807) is 30.5 Å². The van der Waals surface area contributed by atoms with Gasteiger partial charge in [-0.2, -0.15) is 0 Å². The van der Waals surface area contributed by atoms with Crippen molar-refractivity contribution in [2.45, 2.75) is 13.8 Å². The van der Waals surface area contributed by atoms with Crippen molar-refractivity contribution in [3.05, 3.63) is 46.7 Å². The molecule has 1 heterocycles. The fourth-order valence-electron chi connectivity index (χ4n) is 1.84. The molecule has 0 radical (unpaired) electrons. The molecule has 0 saturated heterocycles. The number of aromatic nitrogens is 1. The summed E-state index contributed by atoms with van der Waals surface area (Å²) in [6.45, 7) is 4.23. The van der Waals surface area contributed by atoms with E-state index in [0.717, 1.165) is 5.56 Å². The maximum absolute atomic E-state index is 12.3. The number of aryl methyl sites for hydroxylation is 1. The molecule has 1 aromatic carbocycles. The van der Waals surface area contributed by atoms with Crippen LogP contribution in [0.3, 0.4) is 0 Å². The minimum atomic E-state index is -0.322. The summed E-state index contributed by atoms with van der Waals surface area (Å²) < 4.78 is 5.37. The van der Waals surface area contributed by atoms with Crippen molar-refractivity contribution in [2.75, 3.05) is 17.7 Å². The van der Waals surface area contributed by atoms with Crippen LogP contribution in [0, 0.1) is 6.92 Å². The van der Waals surface area contributed by atoms with Crippen molar-refractivity contribution in [3.8, 4) is 5.75 Å². The minimum absolute atomic E-state index is 0.239. The molecule has 0 spiro atoms. The maximum atomic E-state index is 12.3. The third kappa shape index (κ3) is 3.86. The Balaban J connectivity index is 2.25. The Kier molecular flexibility index (Phi) is 4.65. The van der Waals surface area contributed by atoms with Crippen LogP contribution in [0.2, 0.25) is 5.15 Å². The van der Waals surface area contributed by atoms with Crippen LogP contribution in [0.25, 0.3) is 0 Å². The van der Waals surface area contributed by atoms with Gasteiger partial charge in [0.05, 0.1) is 12.3 Å². The van der Waals surface area contributed by atoms with Crippen LogP contribution in [0.15, 0.2) is 30.5 Å². The number of anilines is 2. The molecule has 0 aliphatic heterocycles. The number of halogens is 1. The van der Waals surface area contributed by atoms with Gasteiger partial charge in [0, 0.05) is 23.5 Å². The summed E-state index contributed by atoms with van der Waals surface area (Å²) >= 11 is 5.96. The average molecular weight is 306 g/mol. The first-order valence-corrected chi connectivity index (χ1v) is 6.84. The highest BCUT2D eigenvalue weighted by atomic mass is 35.5. The number of rotatable bonds is 4. The quantitative estimate of drug-likeness (QED) is 0.671. The van der Waals surface area contributed by atoms with Crippen LogP contribution >= 0.6 is 11.6 Å². The van der Waals surface area contributed by atoms with Gasteiger partial charge in [-0.1, -0.05) is 11.6 Å². The lowest BCUT2D eigenvalue weighted by molar-refractivity contribution is 0.102. The van der Waals surface area contributed by atoms with Crippen LogP contribution in [0.1, 0.15) is 22.8 Å². The van der Waals surface area contributed by atoms with Gasteiger partial charge in [-0.15, -0.1) is 0 Å². The van der Waals surface area contributed by atoms with Crippen molar-refractivity contribution in [1.82, 2.24) is 4.98 Å². The summed E-state index contributed by atoms with van der Waals surface area (Å²) in [6, 6.07) is 6.63. The summed E-state index contributed by atoms with van der Waals surface area (Å²) in [5.74, 6) is 0.230. The Bertz CT molecular complexity index is 674. The van der Waals surface area contributed by atoms with Crippen LogP contribution in [-0.4, -0.2) is 17.5 Å². The Hall–Kier alpha value is -2.27. The second-order valence-electron chi connectivity index (χ2n) is 4.53. The Morgan fingerprint density at radius 1 is 1.38 bits per heavy atom. The Morgan fingerprint density at radius 2 is 2.14 bits per heavy atom. The zero-order valence-corrected chi connectivity index (χ0v) is 12.6. The number of hydrogen-bond donors (Lipinski definition) is 2. The largest absolute Gasteiger partial charge is 0.494 e. The molecule has 1 aromatic heterocycles. The zero-order valence-electron chi connectivity index (χ0n) is 11.8. The molecule has 21 heavy (non-hydrogen) atoms. The Morgan fingerprint density at radius 3 is 2.86 bits per heavy atom. The molecule has 0 fully saturated rings. The maximum Gasteiger partial charge on any atom is 0.255 e. The van der Waals surface area contributed by atoms with Gasteiger partial charge >= 0.3 is 0 Å². The highest BCUT2D eigenvalue weighted by Gasteiger charge is 2.11. The number of hydrogen-bond acceptors (Lipinski definition) is 4. The Labute approximate surface area is 128 Å². The predicted octanol–water partition coefficient (Wildman–Crippen LogP) is 3.28. The first kappa shape index (κ1) is 15.1. The second-order valence-corrected chi connectivity index (χ2v) is 4.89. The molecule has 0 bridgehead atoms. The third-order valence-corrected chi connectivity index (χ3v) is 3.03. The molecule has 0 aliphatic carbocycles. The summed E-state index contributed by atoms with van der Waals surface area (Å²) in [6.07, 6.45) is 1.63. The second kappa shape index (κ2) is 6.45. The van der Waals surface area contributed by atoms with E-state index in [1.807, 2.05) is 13.8 Å². The SMILES string of the molecule is CCOc1cc(N)cc(C(=O)Nc2cc(C)cnc2Cl)c1. The average Bonchev–Trinajstić information content (AvgIpc) is 2.42. The standard InChI is InChI=1S/C15H16ClN3O2/c1-3-21-12-6-10(5-11(17)7-12)15(20)19-13-4-9(2)8-18-14(13)16/h4-8H,3,17H2,1-2H3,(H,19,20). The van der Waals surface area contributed by atoms with Gasteiger partial charge in [0.15, 0.2) is 5.15 Å². The lowest BCUT2D eigenvalue weighted by Crippen LogP contribution is -2.13. The molecule has 1 amide bonds. The molecule has 0 unspecified atom stereocenters. The van der Waals surface area contributed by atoms with E-state index < -0.39 is 0 Å². The molecule has 0 aliphatic rings. The number of pyridine rings is 1.